The van der Waals surface area contributed by atoms with Gasteiger partial charge in [-0.05, 0) is 55.7 Å². The molecule has 0 spiro atoms. The molecule has 0 bridgehead atoms. The van der Waals surface area contributed by atoms with Crippen molar-refractivity contribution in [2.24, 2.45) is 0 Å². The third-order valence-corrected chi connectivity index (χ3v) is 4.38. The minimum Gasteiger partial charge on any atom is -0.494 e. The van der Waals surface area contributed by atoms with Gasteiger partial charge >= 0.3 is 0 Å². The van der Waals surface area contributed by atoms with Crippen LogP contribution in [0.5, 0.6) is 11.5 Å². The molecule has 1 aromatic heterocycles. The molecule has 2 aromatic rings. The normalized spacial score (nSPS) is 14.3. The first-order chi connectivity index (χ1) is 13.6. The fourth-order valence-electron chi connectivity index (χ4n) is 2.68. The second-order valence-electron chi connectivity index (χ2n) is 6.99. The van der Waals surface area contributed by atoms with E-state index < -0.39 is 12.2 Å². The highest BCUT2D eigenvalue weighted by Crippen LogP contribution is 2.18. The molecule has 1 aromatic carbocycles. The van der Waals surface area contributed by atoms with E-state index in [1.807, 2.05) is 43.3 Å². The van der Waals surface area contributed by atoms with Crippen LogP contribution in [0.3, 0.4) is 0 Å². The molecule has 6 nitrogen and oxygen atoms in total. The maximum atomic E-state index is 10.2. The van der Waals surface area contributed by atoms with Gasteiger partial charge < -0.3 is 25.0 Å². The van der Waals surface area contributed by atoms with E-state index in [9.17, 15) is 10.2 Å². The minimum atomic E-state index is -0.640. The zero-order valence-electron chi connectivity index (χ0n) is 16.8. The number of hydrogen-bond donors (Lipinski definition) is 3. The Balaban J connectivity index is 1.64. The number of aromatic nitrogens is 1. The van der Waals surface area contributed by atoms with Gasteiger partial charge in [-0.2, -0.15) is 0 Å². The molecule has 0 saturated heterocycles. The van der Waals surface area contributed by atoms with E-state index in [0.717, 1.165) is 30.8 Å². The Morgan fingerprint density at radius 2 is 1.79 bits per heavy atom. The molecule has 0 fully saturated rings. The lowest BCUT2D eigenvalue weighted by Gasteiger charge is -2.20. The second-order valence-corrected chi connectivity index (χ2v) is 6.99. The molecule has 3 atom stereocenters. The third-order valence-electron chi connectivity index (χ3n) is 4.38. The van der Waals surface area contributed by atoms with Gasteiger partial charge in [0.2, 0.25) is 0 Å². The zero-order valence-corrected chi connectivity index (χ0v) is 16.8. The van der Waals surface area contributed by atoms with E-state index in [1.54, 1.807) is 12.4 Å². The topological polar surface area (TPSA) is 83.8 Å². The fraction of sp³-hybridized carbons (Fsp3) is 0.500. The second kappa shape index (κ2) is 12.3. The summed E-state index contributed by atoms with van der Waals surface area (Å²) in [4.78, 5) is 4.02. The highest BCUT2D eigenvalue weighted by Gasteiger charge is 2.14. The van der Waals surface area contributed by atoms with Crippen LogP contribution in [0.25, 0.3) is 0 Å². The molecule has 3 N–H and O–H groups in total. The maximum Gasteiger partial charge on any atom is 0.119 e. The number of hydrogen-bond acceptors (Lipinski definition) is 6. The highest BCUT2D eigenvalue weighted by molar-refractivity contribution is 5.31. The summed E-state index contributed by atoms with van der Waals surface area (Å²) >= 11 is 0. The summed E-state index contributed by atoms with van der Waals surface area (Å²) in [6, 6.07) is 11.1. The van der Waals surface area contributed by atoms with Gasteiger partial charge in [0.1, 0.15) is 24.2 Å². The predicted octanol–water partition coefficient (Wildman–Crippen LogP) is 3.10. The molecule has 6 heteroatoms. The lowest BCUT2D eigenvalue weighted by atomic mass is 10.0. The average molecular weight is 389 g/mol. The van der Waals surface area contributed by atoms with Gasteiger partial charge in [-0.15, -0.1) is 0 Å². The molecule has 28 heavy (non-hydrogen) atoms. The Bertz CT molecular complexity index is 651. The van der Waals surface area contributed by atoms with Crippen LogP contribution in [0.1, 0.15) is 44.8 Å². The Morgan fingerprint density at radius 3 is 2.43 bits per heavy atom. The number of benzene rings is 1. The van der Waals surface area contributed by atoms with E-state index in [2.05, 4.69) is 17.2 Å². The molecule has 0 radical (unpaired) electrons. The van der Waals surface area contributed by atoms with Crippen molar-refractivity contribution in [1.29, 1.82) is 0 Å². The first-order valence-electron chi connectivity index (χ1n) is 9.93. The number of aliphatic hydroxyl groups excluding tert-OH is 2. The van der Waals surface area contributed by atoms with Crippen molar-refractivity contribution >= 4 is 0 Å². The predicted molar refractivity (Wildman–Crippen MR) is 110 cm³/mol. The van der Waals surface area contributed by atoms with Crippen molar-refractivity contribution in [3.05, 3.63) is 54.4 Å². The summed E-state index contributed by atoms with van der Waals surface area (Å²) < 4.78 is 11.2. The van der Waals surface area contributed by atoms with E-state index in [-0.39, 0.29) is 12.6 Å². The lowest BCUT2D eigenvalue weighted by molar-refractivity contribution is 0.0987. The molecule has 2 rings (SSSR count). The zero-order chi connectivity index (χ0) is 20.2. The van der Waals surface area contributed by atoms with E-state index in [0.29, 0.717) is 18.7 Å². The molecule has 0 amide bonds. The van der Waals surface area contributed by atoms with Crippen molar-refractivity contribution in [2.75, 3.05) is 19.8 Å². The molecule has 0 saturated carbocycles. The first-order valence-corrected chi connectivity index (χ1v) is 9.93. The van der Waals surface area contributed by atoms with Crippen LogP contribution in [0.15, 0.2) is 48.8 Å². The standard InChI is InChI=1S/C22H32N2O4/c1-3-4-12-27-20-7-9-21(10-8-20)28-16-19(25)15-24-17(2)13-22(26)18-6-5-11-23-14-18/h5-11,14,17,19,22,24-26H,3-4,12-13,15-16H2,1-2H3. The number of nitrogens with zero attached hydrogens (tertiary/aromatic N) is 1. The summed E-state index contributed by atoms with van der Waals surface area (Å²) in [7, 11) is 0. The molecular formula is C22H32N2O4. The van der Waals surface area contributed by atoms with Crippen molar-refractivity contribution in [3.63, 3.8) is 0 Å². The fourth-order valence-corrected chi connectivity index (χ4v) is 2.68. The van der Waals surface area contributed by atoms with Crippen molar-refractivity contribution < 1.29 is 19.7 Å². The van der Waals surface area contributed by atoms with Crippen molar-refractivity contribution in [1.82, 2.24) is 10.3 Å². The first kappa shape index (κ1) is 22.1. The smallest absolute Gasteiger partial charge is 0.119 e. The van der Waals surface area contributed by atoms with Crippen molar-refractivity contribution in [3.8, 4) is 11.5 Å². The van der Waals surface area contributed by atoms with Gasteiger partial charge in [0, 0.05) is 25.0 Å². The summed E-state index contributed by atoms with van der Waals surface area (Å²) in [6.45, 7) is 5.41. The lowest BCUT2D eigenvalue weighted by Crippen LogP contribution is -2.37. The van der Waals surface area contributed by atoms with Gasteiger partial charge in [0.05, 0.1) is 12.7 Å². The van der Waals surface area contributed by atoms with Gasteiger partial charge in [-0.3, -0.25) is 4.98 Å². The largest absolute Gasteiger partial charge is 0.494 e. The monoisotopic (exact) mass is 388 g/mol. The van der Waals surface area contributed by atoms with E-state index >= 15 is 0 Å². The Kier molecular flexibility index (Phi) is 9.76. The Hall–Kier alpha value is -2.15. The Morgan fingerprint density at radius 1 is 1.07 bits per heavy atom. The van der Waals surface area contributed by atoms with Gasteiger partial charge in [-0.25, -0.2) is 0 Å². The summed E-state index contributed by atoms with van der Waals surface area (Å²) in [5.41, 5.74) is 0.794. The molecule has 154 valence electrons. The SMILES string of the molecule is CCCCOc1ccc(OCC(O)CNC(C)CC(O)c2cccnc2)cc1. The molecule has 1 heterocycles. The van der Waals surface area contributed by atoms with E-state index in [1.165, 1.54) is 0 Å². The van der Waals surface area contributed by atoms with Gasteiger partial charge in [0.25, 0.3) is 0 Å². The molecule has 0 aliphatic carbocycles. The van der Waals surface area contributed by atoms with Crippen LogP contribution in [-0.2, 0) is 0 Å². The quantitative estimate of drug-likeness (QED) is 0.457. The van der Waals surface area contributed by atoms with Crippen LogP contribution in [0.2, 0.25) is 0 Å². The number of rotatable bonds is 13. The molecule has 0 aliphatic rings. The molecule has 0 aliphatic heterocycles. The van der Waals surface area contributed by atoms with Gasteiger partial charge in [-0.1, -0.05) is 19.4 Å². The summed E-state index contributed by atoms with van der Waals surface area (Å²) in [5, 5.41) is 23.6. The summed E-state index contributed by atoms with van der Waals surface area (Å²) in [6.07, 6.45) is 4.81. The third kappa shape index (κ3) is 8.25. The Labute approximate surface area is 167 Å². The van der Waals surface area contributed by atoms with Crippen LogP contribution < -0.4 is 14.8 Å². The number of aliphatic hydroxyl groups is 2. The maximum absolute atomic E-state index is 10.2. The summed E-state index contributed by atoms with van der Waals surface area (Å²) in [5.74, 6) is 1.52. The van der Waals surface area contributed by atoms with Gasteiger partial charge in [0.15, 0.2) is 0 Å². The number of ether oxygens (including phenoxy) is 2. The van der Waals surface area contributed by atoms with Crippen LogP contribution >= 0.6 is 0 Å². The molecule has 3 unspecified atom stereocenters. The van der Waals surface area contributed by atoms with E-state index in [4.69, 9.17) is 9.47 Å². The number of nitrogens with one attached hydrogen (secondary N) is 1. The highest BCUT2D eigenvalue weighted by atomic mass is 16.5. The van der Waals surface area contributed by atoms with Crippen molar-refractivity contribution in [2.45, 2.75) is 51.4 Å². The van der Waals surface area contributed by atoms with Crippen LogP contribution in [0, 0.1) is 0 Å². The van der Waals surface area contributed by atoms with Crippen LogP contribution in [0.4, 0.5) is 0 Å². The average Bonchev–Trinajstić information content (AvgIpc) is 2.72. The van der Waals surface area contributed by atoms with Crippen LogP contribution in [-0.4, -0.2) is 47.1 Å². The number of pyridine rings is 1. The minimum absolute atomic E-state index is 0.0457. The number of unbranched alkanes of at least 4 members (excludes halogenated alkanes) is 1. The molecular weight excluding hydrogens is 356 g/mol.